The van der Waals surface area contributed by atoms with Crippen LogP contribution < -0.4 is 5.32 Å². The molecule has 0 heterocycles. The van der Waals surface area contributed by atoms with E-state index in [1.165, 1.54) is 6.07 Å². The number of carbonyl (C=O) groups is 1. The number of halogens is 4. The van der Waals surface area contributed by atoms with Crippen molar-refractivity contribution in [3.8, 4) is 6.07 Å². The number of amides is 1. The average Bonchev–Trinajstić information content (AvgIpc) is 3.29. The van der Waals surface area contributed by atoms with Gasteiger partial charge in [0, 0.05) is 4.47 Å². The Morgan fingerprint density at radius 3 is 2.48 bits per heavy atom. The van der Waals surface area contributed by atoms with Gasteiger partial charge in [0.15, 0.2) is 9.84 Å². The topological polar surface area (TPSA) is 96.3 Å². The second-order valence-electron chi connectivity index (χ2n) is 8.29. The minimum absolute atomic E-state index is 0.106. The lowest BCUT2D eigenvalue weighted by molar-refractivity contribution is -0.140. The van der Waals surface area contributed by atoms with Crippen molar-refractivity contribution in [2.75, 3.05) is 0 Å². The molecule has 2 saturated carbocycles. The minimum atomic E-state index is -4.86. The van der Waals surface area contributed by atoms with Gasteiger partial charge in [0.1, 0.15) is 5.54 Å². The quantitative estimate of drug-likeness (QED) is 0.609. The Kier molecular flexibility index (Phi) is 6.48. The van der Waals surface area contributed by atoms with E-state index in [0.29, 0.717) is 12.8 Å². The van der Waals surface area contributed by atoms with Gasteiger partial charge in [-0.25, -0.2) is 8.42 Å². The third-order valence-corrected chi connectivity index (χ3v) is 8.29. The fourth-order valence-corrected chi connectivity index (χ4v) is 6.22. The van der Waals surface area contributed by atoms with Gasteiger partial charge in [-0.1, -0.05) is 15.9 Å². The van der Waals surface area contributed by atoms with E-state index < -0.39 is 55.2 Å². The predicted molar refractivity (Wildman–Crippen MR) is 109 cm³/mol. The SMILES string of the molecule is CC(C)O[C@@H]1CC(S(=O)(=O)c2ccc(Br)cc2C(F)(F)F)C[C@H]1C(=O)NC1(C#N)CC1. The third-order valence-electron chi connectivity index (χ3n) is 5.56. The van der Waals surface area contributed by atoms with Gasteiger partial charge < -0.3 is 10.1 Å². The fourth-order valence-electron chi connectivity index (χ4n) is 3.85. The summed E-state index contributed by atoms with van der Waals surface area (Å²) >= 11 is 2.95. The van der Waals surface area contributed by atoms with Crippen LogP contribution in [0.3, 0.4) is 0 Å². The number of hydrogen-bond donors (Lipinski definition) is 1. The highest BCUT2D eigenvalue weighted by Crippen LogP contribution is 2.42. The number of nitrogens with zero attached hydrogens (tertiary/aromatic N) is 1. The van der Waals surface area contributed by atoms with Crippen molar-refractivity contribution in [2.24, 2.45) is 5.92 Å². The Hall–Kier alpha value is -1.64. The molecule has 31 heavy (non-hydrogen) atoms. The molecule has 0 aliphatic heterocycles. The van der Waals surface area contributed by atoms with Crippen molar-refractivity contribution in [2.45, 2.75) is 73.6 Å². The van der Waals surface area contributed by atoms with Crippen LogP contribution in [0.15, 0.2) is 27.6 Å². The normalized spacial score (nSPS) is 25.3. The van der Waals surface area contributed by atoms with Gasteiger partial charge in [-0.15, -0.1) is 0 Å². The lowest BCUT2D eigenvalue weighted by atomic mass is 10.0. The highest BCUT2D eigenvalue weighted by atomic mass is 79.9. The molecule has 2 fully saturated rings. The minimum Gasteiger partial charge on any atom is -0.375 e. The van der Waals surface area contributed by atoms with Crippen LogP contribution in [0.5, 0.6) is 0 Å². The molecule has 1 aromatic carbocycles. The van der Waals surface area contributed by atoms with E-state index in [4.69, 9.17) is 4.74 Å². The van der Waals surface area contributed by atoms with E-state index in [1.807, 2.05) is 6.07 Å². The fraction of sp³-hybridized carbons (Fsp3) is 0.600. The summed E-state index contributed by atoms with van der Waals surface area (Å²) in [6, 6.07) is 4.95. The van der Waals surface area contributed by atoms with Crippen LogP contribution in [0.4, 0.5) is 13.2 Å². The van der Waals surface area contributed by atoms with Crippen LogP contribution in [0.1, 0.15) is 45.1 Å². The summed E-state index contributed by atoms with van der Waals surface area (Å²) < 4.78 is 72.9. The molecular formula is C20H22BrF3N2O4S. The number of carbonyl (C=O) groups excluding carboxylic acids is 1. The zero-order valence-corrected chi connectivity index (χ0v) is 19.3. The number of nitrogens with one attached hydrogen (secondary N) is 1. The molecule has 0 radical (unpaired) electrons. The summed E-state index contributed by atoms with van der Waals surface area (Å²) in [6.45, 7) is 3.45. The first kappa shape index (κ1) is 24.0. The largest absolute Gasteiger partial charge is 0.417 e. The maximum atomic E-state index is 13.5. The molecule has 0 aromatic heterocycles. The van der Waals surface area contributed by atoms with Crippen molar-refractivity contribution in [3.63, 3.8) is 0 Å². The molecule has 0 spiro atoms. The molecule has 1 amide bonds. The lowest BCUT2D eigenvalue weighted by Gasteiger charge is -2.22. The Morgan fingerprint density at radius 2 is 1.97 bits per heavy atom. The van der Waals surface area contributed by atoms with Gasteiger partial charge in [0.05, 0.1) is 39.9 Å². The standard InChI is InChI=1S/C20H22BrF3N2O4S/c1-11(2)30-16-9-13(8-14(16)18(27)26-19(10-25)5-6-19)31(28,29)17-4-3-12(21)7-15(17)20(22,23)24/h3-4,7,11,13-14,16H,5-6,8-9H2,1-2H3,(H,26,27)/t13?,14-,16-/m1/s1. The molecule has 2 aliphatic carbocycles. The van der Waals surface area contributed by atoms with Crippen LogP contribution in [-0.4, -0.2) is 37.3 Å². The lowest BCUT2D eigenvalue weighted by Crippen LogP contribution is -2.43. The van der Waals surface area contributed by atoms with Gasteiger partial charge in [0.25, 0.3) is 0 Å². The summed E-state index contributed by atoms with van der Waals surface area (Å²) in [5.74, 6) is -1.38. The van der Waals surface area contributed by atoms with Crippen molar-refractivity contribution < 1.29 is 31.1 Å². The zero-order valence-electron chi connectivity index (χ0n) is 16.9. The predicted octanol–water partition coefficient (Wildman–Crippen LogP) is 3.99. The summed E-state index contributed by atoms with van der Waals surface area (Å²) in [4.78, 5) is 12.0. The number of hydrogen-bond acceptors (Lipinski definition) is 5. The molecule has 2 aliphatic rings. The molecule has 3 atom stereocenters. The molecule has 0 bridgehead atoms. The molecule has 170 valence electrons. The Labute approximate surface area is 187 Å². The van der Waals surface area contributed by atoms with E-state index in [9.17, 15) is 31.6 Å². The number of rotatable bonds is 6. The second kappa shape index (κ2) is 8.37. The summed E-state index contributed by atoms with van der Waals surface area (Å²) in [5.41, 5.74) is -2.19. The zero-order chi connectivity index (χ0) is 23.2. The maximum Gasteiger partial charge on any atom is 0.417 e. The Bertz CT molecular complexity index is 1020. The molecule has 11 heteroatoms. The second-order valence-corrected chi connectivity index (χ2v) is 11.4. The first-order chi connectivity index (χ1) is 14.3. The Balaban J connectivity index is 1.92. The van der Waals surface area contributed by atoms with Crippen molar-refractivity contribution in [3.05, 3.63) is 28.2 Å². The van der Waals surface area contributed by atoms with E-state index in [2.05, 4.69) is 21.2 Å². The first-order valence-corrected chi connectivity index (χ1v) is 12.1. The van der Waals surface area contributed by atoms with Crippen LogP contribution >= 0.6 is 15.9 Å². The van der Waals surface area contributed by atoms with Gasteiger partial charge in [-0.05, 0) is 57.7 Å². The molecule has 1 unspecified atom stereocenters. The number of nitriles is 1. The number of ether oxygens (including phenoxy) is 1. The van der Waals surface area contributed by atoms with Crippen LogP contribution in [-0.2, 0) is 25.5 Å². The summed E-state index contributed by atoms with van der Waals surface area (Å²) in [5, 5.41) is 10.7. The average molecular weight is 523 g/mol. The van der Waals surface area contributed by atoms with Gasteiger partial charge in [-0.3, -0.25) is 4.79 Å². The summed E-state index contributed by atoms with van der Waals surface area (Å²) in [7, 11) is -4.40. The van der Waals surface area contributed by atoms with E-state index in [-0.39, 0.29) is 23.4 Å². The monoisotopic (exact) mass is 522 g/mol. The number of sulfone groups is 1. The third kappa shape index (κ3) is 5.07. The number of benzene rings is 1. The van der Waals surface area contributed by atoms with E-state index in [0.717, 1.165) is 12.1 Å². The van der Waals surface area contributed by atoms with Crippen molar-refractivity contribution >= 4 is 31.7 Å². The maximum absolute atomic E-state index is 13.5. The highest BCUT2D eigenvalue weighted by molar-refractivity contribution is 9.10. The molecule has 3 rings (SSSR count). The van der Waals surface area contributed by atoms with Gasteiger partial charge in [0.2, 0.25) is 5.91 Å². The molecular weight excluding hydrogens is 501 g/mol. The summed E-state index contributed by atoms with van der Waals surface area (Å²) in [6.07, 6.45) is -5.22. The molecule has 1 N–H and O–H groups in total. The highest BCUT2D eigenvalue weighted by Gasteiger charge is 2.51. The van der Waals surface area contributed by atoms with Gasteiger partial charge in [-0.2, -0.15) is 18.4 Å². The molecule has 0 saturated heterocycles. The van der Waals surface area contributed by atoms with Crippen LogP contribution in [0.25, 0.3) is 0 Å². The van der Waals surface area contributed by atoms with E-state index in [1.54, 1.807) is 13.8 Å². The van der Waals surface area contributed by atoms with E-state index >= 15 is 0 Å². The number of alkyl halides is 3. The Morgan fingerprint density at radius 1 is 1.32 bits per heavy atom. The molecule has 6 nitrogen and oxygen atoms in total. The van der Waals surface area contributed by atoms with Crippen LogP contribution in [0, 0.1) is 17.2 Å². The molecule has 1 aromatic rings. The van der Waals surface area contributed by atoms with Crippen LogP contribution in [0.2, 0.25) is 0 Å². The smallest absolute Gasteiger partial charge is 0.375 e. The van der Waals surface area contributed by atoms with Crippen molar-refractivity contribution in [1.29, 1.82) is 5.26 Å². The van der Waals surface area contributed by atoms with Gasteiger partial charge >= 0.3 is 6.18 Å². The van der Waals surface area contributed by atoms with Crippen molar-refractivity contribution in [1.82, 2.24) is 5.32 Å². The first-order valence-electron chi connectivity index (χ1n) is 9.78.